The number of nitrogens with zero attached hydrogens (tertiary/aromatic N) is 2. The van der Waals surface area contributed by atoms with Gasteiger partial charge in [-0.25, -0.2) is 9.97 Å². The molecule has 0 aliphatic carbocycles. The largest absolute Gasteiger partial charge is 0.497 e. The molecule has 1 aromatic heterocycles. The summed E-state index contributed by atoms with van der Waals surface area (Å²) >= 11 is 1.67. The monoisotopic (exact) mass is 303 g/mol. The summed E-state index contributed by atoms with van der Waals surface area (Å²) in [5.41, 5.74) is 2.25. The Balaban J connectivity index is 2.04. The third-order valence-corrected chi connectivity index (χ3v) is 4.08. The van der Waals surface area contributed by atoms with E-state index in [4.69, 9.17) is 4.74 Å². The lowest BCUT2D eigenvalue weighted by atomic mass is 10.1. The lowest BCUT2D eigenvalue weighted by Crippen LogP contribution is -2.23. The Hall–Kier alpha value is -1.59. The highest BCUT2D eigenvalue weighted by molar-refractivity contribution is 7.99. The van der Waals surface area contributed by atoms with Crippen molar-refractivity contribution in [3.8, 4) is 5.75 Å². The Morgan fingerprint density at radius 1 is 1.24 bits per heavy atom. The number of hydrogen-bond donors (Lipinski definition) is 1. The van der Waals surface area contributed by atoms with Gasteiger partial charge in [-0.3, -0.25) is 0 Å². The van der Waals surface area contributed by atoms with Crippen LogP contribution in [0.15, 0.2) is 41.7 Å². The van der Waals surface area contributed by atoms with Gasteiger partial charge in [0.15, 0.2) is 5.16 Å². The highest BCUT2D eigenvalue weighted by Crippen LogP contribution is 2.24. The lowest BCUT2D eigenvalue weighted by Gasteiger charge is -2.18. The number of methoxy groups -OCH3 is 1. The second kappa shape index (κ2) is 8.00. The minimum absolute atomic E-state index is 0.273. The third-order valence-electron chi connectivity index (χ3n) is 3.12. The first-order valence-electron chi connectivity index (χ1n) is 7.02. The highest BCUT2D eigenvalue weighted by Gasteiger charge is 2.12. The number of hydrogen-bond acceptors (Lipinski definition) is 5. The van der Waals surface area contributed by atoms with Crippen LogP contribution in [0, 0.1) is 6.92 Å². The van der Waals surface area contributed by atoms with E-state index in [1.165, 1.54) is 5.56 Å². The van der Waals surface area contributed by atoms with E-state index in [9.17, 15) is 0 Å². The molecule has 0 spiro atoms. The van der Waals surface area contributed by atoms with Crippen LogP contribution < -0.4 is 10.1 Å². The molecule has 21 heavy (non-hydrogen) atoms. The van der Waals surface area contributed by atoms with Gasteiger partial charge in [0.05, 0.1) is 7.11 Å². The van der Waals surface area contributed by atoms with Crippen LogP contribution in [0.2, 0.25) is 0 Å². The summed E-state index contributed by atoms with van der Waals surface area (Å²) in [6.45, 7) is 5.02. The molecule has 0 bridgehead atoms. The maximum absolute atomic E-state index is 5.21. The first-order chi connectivity index (χ1) is 10.2. The fourth-order valence-electron chi connectivity index (χ4n) is 2.01. The van der Waals surface area contributed by atoms with Gasteiger partial charge in [0.25, 0.3) is 0 Å². The smallest absolute Gasteiger partial charge is 0.187 e. The van der Waals surface area contributed by atoms with E-state index in [1.54, 1.807) is 25.1 Å². The van der Waals surface area contributed by atoms with Gasteiger partial charge in [0, 0.05) is 23.7 Å². The molecule has 1 N–H and O–H groups in total. The molecule has 1 atom stereocenters. The molecular weight excluding hydrogens is 282 g/mol. The van der Waals surface area contributed by atoms with Crippen LogP contribution in [0.4, 0.5) is 0 Å². The first kappa shape index (κ1) is 15.8. The van der Waals surface area contributed by atoms with Gasteiger partial charge in [-0.2, -0.15) is 0 Å². The Morgan fingerprint density at radius 2 is 2.00 bits per heavy atom. The molecule has 0 saturated heterocycles. The van der Waals surface area contributed by atoms with E-state index in [0.717, 1.165) is 28.9 Å². The summed E-state index contributed by atoms with van der Waals surface area (Å²) < 4.78 is 5.21. The van der Waals surface area contributed by atoms with Crippen molar-refractivity contribution >= 4 is 11.8 Å². The fraction of sp³-hybridized carbons (Fsp3) is 0.375. The maximum Gasteiger partial charge on any atom is 0.187 e. The zero-order valence-electron chi connectivity index (χ0n) is 12.7. The molecule has 4 nitrogen and oxygen atoms in total. The summed E-state index contributed by atoms with van der Waals surface area (Å²) in [7, 11) is 1.68. The zero-order valence-corrected chi connectivity index (χ0v) is 13.5. The van der Waals surface area contributed by atoms with Crippen LogP contribution in [0.3, 0.4) is 0 Å². The van der Waals surface area contributed by atoms with Crippen LogP contribution in [-0.2, 0) is 0 Å². The van der Waals surface area contributed by atoms with Gasteiger partial charge >= 0.3 is 0 Å². The fourth-order valence-corrected chi connectivity index (χ4v) is 2.98. The summed E-state index contributed by atoms with van der Waals surface area (Å²) in [5, 5.41) is 4.33. The average molecular weight is 303 g/mol. The van der Waals surface area contributed by atoms with E-state index in [0.29, 0.717) is 0 Å². The standard InChI is InChI=1S/C16H21N3OS/c1-4-17-15(13-5-7-14(20-3)8-6-13)11-21-16-18-10-9-12(2)19-16/h5-10,15,17H,4,11H2,1-3H3. The molecule has 0 radical (unpaired) electrons. The molecule has 1 unspecified atom stereocenters. The predicted octanol–water partition coefficient (Wildman–Crippen LogP) is 3.24. The molecular formula is C16H21N3OS. The number of aryl methyl sites for hydroxylation is 1. The molecule has 0 aliphatic rings. The van der Waals surface area contributed by atoms with Gasteiger partial charge in [0.2, 0.25) is 0 Å². The quantitative estimate of drug-likeness (QED) is 0.628. The van der Waals surface area contributed by atoms with E-state index >= 15 is 0 Å². The molecule has 0 saturated carbocycles. The number of rotatable bonds is 7. The van der Waals surface area contributed by atoms with Crippen LogP contribution in [0.25, 0.3) is 0 Å². The number of nitrogens with one attached hydrogen (secondary N) is 1. The van der Waals surface area contributed by atoms with Gasteiger partial charge in [-0.05, 0) is 37.2 Å². The number of aromatic nitrogens is 2. The average Bonchev–Trinajstić information content (AvgIpc) is 2.52. The van der Waals surface area contributed by atoms with E-state index < -0.39 is 0 Å². The molecule has 0 amide bonds. The molecule has 1 heterocycles. The summed E-state index contributed by atoms with van der Waals surface area (Å²) in [5.74, 6) is 1.77. The zero-order chi connectivity index (χ0) is 15.1. The van der Waals surface area contributed by atoms with Crippen LogP contribution in [0.1, 0.15) is 24.2 Å². The van der Waals surface area contributed by atoms with Crippen molar-refractivity contribution < 1.29 is 4.74 Å². The topological polar surface area (TPSA) is 47.0 Å². The maximum atomic E-state index is 5.21. The Kier molecular flexibility index (Phi) is 6.02. The molecule has 2 rings (SSSR count). The van der Waals surface area contributed by atoms with Crippen LogP contribution in [-0.4, -0.2) is 29.4 Å². The van der Waals surface area contributed by atoms with Crippen molar-refractivity contribution in [2.75, 3.05) is 19.4 Å². The van der Waals surface area contributed by atoms with Crippen molar-refractivity contribution in [2.24, 2.45) is 0 Å². The van der Waals surface area contributed by atoms with E-state index in [1.807, 2.05) is 25.1 Å². The molecule has 112 valence electrons. The van der Waals surface area contributed by atoms with Crippen molar-refractivity contribution in [3.63, 3.8) is 0 Å². The van der Waals surface area contributed by atoms with Crippen molar-refractivity contribution in [1.82, 2.24) is 15.3 Å². The first-order valence-corrected chi connectivity index (χ1v) is 8.01. The van der Waals surface area contributed by atoms with Crippen LogP contribution >= 0.6 is 11.8 Å². The van der Waals surface area contributed by atoms with Gasteiger partial charge in [-0.1, -0.05) is 30.8 Å². The number of ether oxygens (including phenoxy) is 1. The highest BCUT2D eigenvalue weighted by atomic mass is 32.2. The second-order valence-corrected chi connectivity index (χ2v) is 5.66. The minimum atomic E-state index is 0.273. The Morgan fingerprint density at radius 3 is 2.62 bits per heavy atom. The van der Waals surface area contributed by atoms with Crippen LogP contribution in [0.5, 0.6) is 5.75 Å². The van der Waals surface area contributed by atoms with Crippen molar-refractivity contribution in [2.45, 2.75) is 25.0 Å². The minimum Gasteiger partial charge on any atom is -0.497 e. The summed E-state index contributed by atoms with van der Waals surface area (Å²) in [6.07, 6.45) is 1.81. The summed E-state index contributed by atoms with van der Waals surface area (Å²) in [4.78, 5) is 8.73. The van der Waals surface area contributed by atoms with Gasteiger partial charge < -0.3 is 10.1 Å². The Bertz CT molecular complexity index is 560. The molecule has 0 aliphatic heterocycles. The molecule has 1 aromatic carbocycles. The SMILES string of the molecule is CCNC(CSc1nccc(C)n1)c1ccc(OC)cc1. The molecule has 0 fully saturated rings. The van der Waals surface area contributed by atoms with Crippen molar-refractivity contribution in [1.29, 1.82) is 0 Å². The number of thioether (sulfide) groups is 1. The van der Waals surface area contributed by atoms with Crippen molar-refractivity contribution in [3.05, 3.63) is 47.8 Å². The van der Waals surface area contributed by atoms with Gasteiger partial charge in [-0.15, -0.1) is 0 Å². The van der Waals surface area contributed by atoms with E-state index in [2.05, 4.69) is 34.3 Å². The Labute approximate surface area is 130 Å². The molecule has 2 aromatic rings. The van der Waals surface area contributed by atoms with E-state index in [-0.39, 0.29) is 6.04 Å². The third kappa shape index (κ3) is 4.72. The number of benzene rings is 1. The molecule has 5 heteroatoms. The second-order valence-electron chi connectivity index (χ2n) is 4.68. The predicted molar refractivity (Wildman–Crippen MR) is 86.9 cm³/mol. The summed E-state index contributed by atoms with van der Waals surface area (Å²) in [6, 6.07) is 10.4. The van der Waals surface area contributed by atoms with Gasteiger partial charge in [0.1, 0.15) is 5.75 Å². The normalized spacial score (nSPS) is 12.1. The lowest BCUT2D eigenvalue weighted by molar-refractivity contribution is 0.414.